The van der Waals surface area contributed by atoms with E-state index in [1.807, 2.05) is 54.9 Å². The van der Waals surface area contributed by atoms with Crippen LogP contribution in [0.15, 0.2) is 152 Å². The second-order valence-electron chi connectivity index (χ2n) is 11.1. The maximum Gasteiger partial charge on any atom is 0.138 e. The Morgan fingerprint density at radius 2 is 0.978 bits per heavy atom. The number of nitrogens with zero attached hydrogens (tertiary/aromatic N) is 5. The van der Waals surface area contributed by atoms with Gasteiger partial charge in [0, 0.05) is 22.5 Å². The lowest BCUT2D eigenvalue weighted by atomic mass is 9.95. The summed E-state index contributed by atoms with van der Waals surface area (Å²) in [7, 11) is 0. The molecule has 5 aromatic heterocycles. The van der Waals surface area contributed by atoms with Crippen molar-refractivity contribution >= 4 is 43.4 Å². The quantitative estimate of drug-likeness (QED) is 0.196. The second-order valence-corrected chi connectivity index (χ2v) is 11.1. The summed E-state index contributed by atoms with van der Waals surface area (Å²) < 4.78 is 2.17. The fourth-order valence-electron chi connectivity index (χ4n) is 6.47. The molecule has 0 N–H and O–H groups in total. The van der Waals surface area contributed by atoms with E-state index in [0.717, 1.165) is 56.3 Å². The minimum Gasteiger partial charge on any atom is -0.292 e. The highest BCUT2D eigenvalue weighted by Gasteiger charge is 2.15. The number of aromatic nitrogens is 5. The van der Waals surface area contributed by atoms with Crippen molar-refractivity contribution < 1.29 is 0 Å². The van der Waals surface area contributed by atoms with E-state index in [4.69, 9.17) is 15.0 Å². The topological polar surface area (TPSA) is 56.5 Å². The molecule has 0 saturated heterocycles. The van der Waals surface area contributed by atoms with Gasteiger partial charge in [-0.05, 0) is 76.1 Å². The third-order valence-electron chi connectivity index (χ3n) is 8.51. The Balaban J connectivity index is 1.14. The molecule has 9 aromatic rings. The average molecular weight is 576 g/mol. The summed E-state index contributed by atoms with van der Waals surface area (Å²) in [4.78, 5) is 19.7. The highest BCUT2D eigenvalue weighted by atomic mass is 15.1. The monoisotopic (exact) mass is 575 g/mol. The van der Waals surface area contributed by atoms with Gasteiger partial charge in [0.15, 0.2) is 0 Å². The predicted octanol–water partition coefficient (Wildman–Crippen LogP) is 9.67. The van der Waals surface area contributed by atoms with Gasteiger partial charge < -0.3 is 0 Å². The molecule has 0 atom stereocenters. The van der Waals surface area contributed by atoms with Crippen molar-refractivity contribution in [3.63, 3.8) is 0 Å². The maximum atomic E-state index is 5.14. The van der Waals surface area contributed by atoms with Gasteiger partial charge in [-0.2, -0.15) is 0 Å². The molecule has 210 valence electrons. The highest BCUT2D eigenvalue weighted by molar-refractivity contribution is 6.13. The van der Waals surface area contributed by atoms with Gasteiger partial charge in [-0.15, -0.1) is 0 Å². The average Bonchev–Trinajstić information content (AvgIpc) is 3.46. The smallest absolute Gasteiger partial charge is 0.138 e. The van der Waals surface area contributed by atoms with Crippen LogP contribution in [0, 0.1) is 0 Å². The van der Waals surface area contributed by atoms with Crippen LogP contribution in [0.4, 0.5) is 0 Å². The number of para-hydroxylation sites is 1. The van der Waals surface area contributed by atoms with E-state index in [0.29, 0.717) is 0 Å². The Kier molecular flexibility index (Phi) is 5.74. The van der Waals surface area contributed by atoms with E-state index in [1.165, 1.54) is 26.9 Å². The molecule has 5 heterocycles. The van der Waals surface area contributed by atoms with E-state index in [-0.39, 0.29) is 0 Å². The molecule has 0 aliphatic heterocycles. The van der Waals surface area contributed by atoms with Crippen LogP contribution < -0.4 is 0 Å². The zero-order chi connectivity index (χ0) is 29.7. The lowest BCUT2D eigenvalue weighted by Gasteiger charge is -2.12. The Morgan fingerprint density at radius 1 is 0.400 bits per heavy atom. The molecule has 5 heteroatoms. The van der Waals surface area contributed by atoms with Gasteiger partial charge in [-0.3, -0.25) is 9.55 Å². The third-order valence-corrected chi connectivity index (χ3v) is 8.51. The molecule has 45 heavy (non-hydrogen) atoms. The molecule has 9 rings (SSSR count). The normalized spacial score (nSPS) is 11.6. The molecule has 0 spiro atoms. The minimum absolute atomic E-state index is 0.789. The molecule has 0 radical (unpaired) electrons. The Labute approximate surface area is 259 Å². The van der Waals surface area contributed by atoms with Crippen LogP contribution in [0.5, 0.6) is 0 Å². The van der Waals surface area contributed by atoms with E-state index in [9.17, 15) is 0 Å². The number of hydrogen-bond acceptors (Lipinski definition) is 4. The molecule has 0 amide bonds. The molecule has 0 aliphatic rings. The molecular formula is C40H25N5. The Hall–Kier alpha value is -6.20. The van der Waals surface area contributed by atoms with Gasteiger partial charge >= 0.3 is 0 Å². The fourth-order valence-corrected chi connectivity index (χ4v) is 6.47. The standard InChI is InChI=1S/C40H25N5/c1-2-11-27-26(10-1)24-32(29-13-4-3-12-28(27)29)33-15-7-16-34(42-33)35-17-8-18-36(43-35)37-19-9-21-40(44-37)45-38-20-6-5-14-30(38)31-22-23-41-25-39(31)45/h1-25H. The summed E-state index contributed by atoms with van der Waals surface area (Å²) >= 11 is 0. The van der Waals surface area contributed by atoms with Crippen molar-refractivity contribution in [1.82, 2.24) is 24.5 Å². The third kappa shape index (κ3) is 4.17. The van der Waals surface area contributed by atoms with Gasteiger partial charge in [0.05, 0.1) is 45.7 Å². The van der Waals surface area contributed by atoms with Crippen LogP contribution in [0.2, 0.25) is 0 Å². The van der Waals surface area contributed by atoms with Crippen molar-refractivity contribution in [1.29, 1.82) is 0 Å². The summed E-state index contributed by atoms with van der Waals surface area (Å²) in [5, 5.41) is 7.18. The van der Waals surface area contributed by atoms with Crippen LogP contribution in [0.1, 0.15) is 0 Å². The molecule has 0 bridgehead atoms. The molecule has 0 saturated carbocycles. The molecule has 4 aromatic carbocycles. The van der Waals surface area contributed by atoms with Gasteiger partial charge in [-0.1, -0.05) is 84.9 Å². The van der Waals surface area contributed by atoms with Gasteiger partial charge in [0.25, 0.3) is 0 Å². The summed E-state index contributed by atoms with van der Waals surface area (Å²) in [6.07, 6.45) is 3.74. The van der Waals surface area contributed by atoms with E-state index in [1.54, 1.807) is 0 Å². The first-order valence-corrected chi connectivity index (χ1v) is 15.0. The van der Waals surface area contributed by atoms with E-state index < -0.39 is 0 Å². The van der Waals surface area contributed by atoms with Crippen LogP contribution in [-0.2, 0) is 0 Å². The van der Waals surface area contributed by atoms with Gasteiger partial charge in [-0.25, -0.2) is 15.0 Å². The predicted molar refractivity (Wildman–Crippen MR) is 183 cm³/mol. The molecule has 5 nitrogen and oxygen atoms in total. The van der Waals surface area contributed by atoms with E-state index in [2.05, 4.69) is 107 Å². The fraction of sp³-hybridized carbons (Fsp3) is 0. The second kappa shape index (κ2) is 10.2. The van der Waals surface area contributed by atoms with E-state index >= 15 is 0 Å². The number of fused-ring (bicyclic) bond motifs is 6. The zero-order valence-electron chi connectivity index (χ0n) is 24.2. The largest absolute Gasteiger partial charge is 0.292 e. The highest BCUT2D eigenvalue weighted by Crippen LogP contribution is 2.35. The van der Waals surface area contributed by atoms with Crippen LogP contribution in [0.25, 0.3) is 83.2 Å². The zero-order valence-corrected chi connectivity index (χ0v) is 24.2. The lowest BCUT2D eigenvalue weighted by Crippen LogP contribution is -1.99. The Morgan fingerprint density at radius 3 is 1.78 bits per heavy atom. The Bertz CT molecular complexity index is 2510. The number of rotatable bonds is 4. The molecule has 0 unspecified atom stereocenters. The first-order chi connectivity index (χ1) is 22.3. The first kappa shape index (κ1) is 25.3. The van der Waals surface area contributed by atoms with Gasteiger partial charge in [0.2, 0.25) is 0 Å². The molecule has 0 aliphatic carbocycles. The van der Waals surface area contributed by atoms with Crippen LogP contribution >= 0.6 is 0 Å². The number of benzene rings is 4. The summed E-state index contributed by atoms with van der Waals surface area (Å²) in [6.45, 7) is 0. The first-order valence-electron chi connectivity index (χ1n) is 15.0. The van der Waals surface area contributed by atoms with Gasteiger partial charge in [0.1, 0.15) is 5.82 Å². The van der Waals surface area contributed by atoms with Crippen molar-refractivity contribution in [3.05, 3.63) is 152 Å². The summed E-state index contributed by atoms with van der Waals surface area (Å²) in [5.41, 5.74) is 7.34. The van der Waals surface area contributed by atoms with Crippen molar-refractivity contribution in [2.24, 2.45) is 0 Å². The minimum atomic E-state index is 0.789. The molecular weight excluding hydrogens is 550 g/mol. The summed E-state index contributed by atoms with van der Waals surface area (Å²) in [6, 6.07) is 48.0. The summed E-state index contributed by atoms with van der Waals surface area (Å²) in [5.74, 6) is 0.821. The molecule has 0 fully saturated rings. The van der Waals surface area contributed by atoms with Crippen LogP contribution in [-0.4, -0.2) is 24.5 Å². The number of hydrogen-bond donors (Lipinski definition) is 0. The van der Waals surface area contributed by atoms with Crippen molar-refractivity contribution in [2.45, 2.75) is 0 Å². The van der Waals surface area contributed by atoms with Crippen molar-refractivity contribution in [3.8, 4) is 39.9 Å². The van der Waals surface area contributed by atoms with Crippen LogP contribution in [0.3, 0.4) is 0 Å². The SMILES string of the molecule is c1cc(-c2cccc(-c3cc4ccccc4c4ccccc34)n2)nc(-c2cccc(-n3c4ccccc4c4ccncc43)n2)c1. The lowest BCUT2D eigenvalue weighted by molar-refractivity contribution is 1.07. The number of pyridine rings is 4. The van der Waals surface area contributed by atoms with Crippen molar-refractivity contribution in [2.75, 3.05) is 0 Å². The maximum absolute atomic E-state index is 5.14.